The average Bonchev–Trinajstić information content (AvgIpc) is 1.87. The second-order valence-corrected chi connectivity index (χ2v) is 1.83. The highest BCUT2D eigenvalue weighted by Crippen LogP contribution is 1.97. The molecular weight excluding hydrogens is 144 g/mol. The number of carbonyl (C=O) groups is 2. The van der Waals surface area contributed by atoms with Crippen molar-refractivity contribution >= 4 is 34.6 Å². The zero-order valence-corrected chi connectivity index (χ0v) is 4.86. The first-order chi connectivity index (χ1) is 4.20. The Balaban J connectivity index is 3.73. The van der Waals surface area contributed by atoms with Crippen molar-refractivity contribution in [2.45, 2.75) is 0 Å². The van der Waals surface area contributed by atoms with Crippen LogP contribution in [0.15, 0.2) is 0 Å². The van der Waals surface area contributed by atoms with E-state index in [1.165, 1.54) is 0 Å². The largest absolute Gasteiger partial charge is 0.284 e. The van der Waals surface area contributed by atoms with Gasteiger partial charge in [-0.1, -0.05) is 0 Å². The Morgan fingerprint density at radius 3 is 1.56 bits per heavy atom. The minimum atomic E-state index is -1.11. The van der Waals surface area contributed by atoms with Gasteiger partial charge in [0.25, 0.3) is 22.8 Å². The highest BCUT2D eigenvalue weighted by Gasteiger charge is 2.08. The van der Waals surface area contributed by atoms with Crippen molar-refractivity contribution in [1.29, 1.82) is 0 Å². The van der Waals surface area contributed by atoms with Gasteiger partial charge in [-0.15, -0.1) is 0 Å². The van der Waals surface area contributed by atoms with Crippen LogP contribution < -0.4 is 0 Å². The molecule has 0 saturated heterocycles. The SMILES string of the molecule is O=[C]C(=O)SC(=O)[C]=O. The lowest BCUT2D eigenvalue weighted by atomic mass is 10.9. The highest BCUT2D eigenvalue weighted by atomic mass is 32.2. The molecule has 2 radical (unpaired) electrons. The van der Waals surface area contributed by atoms with Crippen LogP contribution in [-0.4, -0.2) is 22.8 Å². The fraction of sp³-hybridized carbons (Fsp3) is 0. The van der Waals surface area contributed by atoms with Crippen molar-refractivity contribution in [3.63, 3.8) is 0 Å². The second-order valence-electron chi connectivity index (χ2n) is 0.881. The Hall–Kier alpha value is -0.970. The zero-order valence-electron chi connectivity index (χ0n) is 4.04. The first-order valence-corrected chi connectivity index (χ1v) is 2.54. The molecule has 46 valence electrons. The number of rotatable bonds is 2. The Bertz CT molecular complexity index is 144. The molecule has 0 aliphatic rings. The summed E-state index contributed by atoms with van der Waals surface area (Å²) >= 11 is -0.0255. The first kappa shape index (κ1) is 8.03. The third-order valence-electron chi connectivity index (χ3n) is 0.352. The highest BCUT2D eigenvalue weighted by molar-refractivity contribution is 8.28. The maximum absolute atomic E-state index is 9.92. The smallest absolute Gasteiger partial charge is 0.280 e. The second kappa shape index (κ2) is 3.96. The molecule has 0 N–H and O–H groups in total. The number of thioether (sulfide) groups is 1. The standard InChI is InChI=1S/C4O4S/c5-1-3(7)9-4(8)2-6. The molecule has 0 heterocycles. The molecule has 0 aromatic heterocycles. The van der Waals surface area contributed by atoms with Crippen molar-refractivity contribution in [2.24, 2.45) is 0 Å². The van der Waals surface area contributed by atoms with Crippen molar-refractivity contribution < 1.29 is 19.2 Å². The minimum Gasteiger partial charge on any atom is -0.280 e. The topological polar surface area (TPSA) is 68.3 Å². The number of hydrogen-bond acceptors (Lipinski definition) is 5. The van der Waals surface area contributed by atoms with Crippen LogP contribution in [0.3, 0.4) is 0 Å². The van der Waals surface area contributed by atoms with Gasteiger partial charge >= 0.3 is 0 Å². The van der Waals surface area contributed by atoms with Crippen LogP contribution in [0.4, 0.5) is 0 Å². The van der Waals surface area contributed by atoms with E-state index < -0.39 is 10.2 Å². The molecule has 0 aliphatic carbocycles. The van der Waals surface area contributed by atoms with Crippen molar-refractivity contribution in [3.8, 4) is 0 Å². The van der Waals surface area contributed by atoms with E-state index in [2.05, 4.69) is 0 Å². The van der Waals surface area contributed by atoms with E-state index >= 15 is 0 Å². The van der Waals surface area contributed by atoms with Gasteiger partial charge < -0.3 is 0 Å². The van der Waals surface area contributed by atoms with Crippen molar-refractivity contribution in [3.05, 3.63) is 0 Å². The zero-order chi connectivity index (χ0) is 7.28. The van der Waals surface area contributed by atoms with Crippen molar-refractivity contribution in [1.82, 2.24) is 0 Å². The quantitative estimate of drug-likeness (QED) is 0.464. The molecule has 0 unspecified atom stereocenters. The van der Waals surface area contributed by atoms with Crippen molar-refractivity contribution in [2.75, 3.05) is 0 Å². The Labute approximate surface area is 54.6 Å². The van der Waals surface area contributed by atoms with Gasteiger partial charge in [-0.3, -0.25) is 19.2 Å². The molecule has 4 nitrogen and oxygen atoms in total. The Morgan fingerprint density at radius 1 is 1.00 bits per heavy atom. The van der Waals surface area contributed by atoms with Gasteiger partial charge in [0.05, 0.1) is 0 Å². The summed E-state index contributed by atoms with van der Waals surface area (Å²) in [7, 11) is 0. The maximum atomic E-state index is 9.92. The van der Waals surface area contributed by atoms with E-state index in [4.69, 9.17) is 0 Å². The van der Waals surface area contributed by atoms with E-state index in [0.717, 1.165) is 12.6 Å². The van der Waals surface area contributed by atoms with Gasteiger partial charge in [0.2, 0.25) is 0 Å². The molecule has 0 aromatic carbocycles. The first-order valence-electron chi connectivity index (χ1n) is 1.72. The van der Waals surface area contributed by atoms with Gasteiger partial charge in [-0.05, 0) is 0 Å². The summed E-state index contributed by atoms with van der Waals surface area (Å²) < 4.78 is 0. The normalized spacial score (nSPS) is 8.00. The third-order valence-corrected chi connectivity index (χ3v) is 0.890. The van der Waals surface area contributed by atoms with E-state index in [1.807, 2.05) is 0 Å². The lowest BCUT2D eigenvalue weighted by Gasteiger charge is -1.77. The van der Waals surface area contributed by atoms with Crippen LogP contribution in [0.25, 0.3) is 0 Å². The molecule has 5 heteroatoms. The Kier molecular flexibility index (Phi) is 3.54. The maximum Gasteiger partial charge on any atom is 0.284 e. The molecule has 9 heavy (non-hydrogen) atoms. The molecule has 0 rings (SSSR count). The van der Waals surface area contributed by atoms with E-state index in [1.54, 1.807) is 0 Å². The van der Waals surface area contributed by atoms with E-state index in [0.29, 0.717) is 0 Å². The summed E-state index contributed by atoms with van der Waals surface area (Å²) in [6, 6.07) is 0. The van der Waals surface area contributed by atoms with Crippen LogP contribution in [0.2, 0.25) is 0 Å². The monoisotopic (exact) mass is 144 g/mol. The molecule has 0 aliphatic heterocycles. The van der Waals surface area contributed by atoms with Crippen LogP contribution in [-0.2, 0) is 19.2 Å². The lowest BCUT2D eigenvalue weighted by molar-refractivity contribution is -0.107. The predicted molar refractivity (Wildman–Crippen MR) is 29.0 cm³/mol. The number of hydrogen-bond donors (Lipinski definition) is 0. The van der Waals surface area contributed by atoms with Gasteiger partial charge in [-0.2, -0.15) is 0 Å². The molecule has 0 saturated carbocycles. The summed E-state index contributed by atoms with van der Waals surface area (Å²) in [5.74, 6) is 0. The molecule has 0 bridgehead atoms. The van der Waals surface area contributed by atoms with E-state index in [-0.39, 0.29) is 11.8 Å². The lowest BCUT2D eigenvalue weighted by Crippen LogP contribution is -1.99. The van der Waals surface area contributed by atoms with Crippen LogP contribution in [0.1, 0.15) is 0 Å². The average molecular weight is 144 g/mol. The van der Waals surface area contributed by atoms with Gasteiger partial charge in [0.1, 0.15) is 0 Å². The predicted octanol–water partition coefficient (Wildman–Crippen LogP) is -1.01. The fourth-order valence-corrected chi connectivity index (χ4v) is 0.378. The molecule has 0 amide bonds. The molecule has 0 aromatic rings. The molecule has 0 atom stereocenters. The minimum absolute atomic E-state index is 0.0255. The third kappa shape index (κ3) is 3.60. The fourth-order valence-electron chi connectivity index (χ4n) is 0.126. The summed E-state index contributed by atoms with van der Waals surface area (Å²) in [4.78, 5) is 38.6. The van der Waals surface area contributed by atoms with Crippen LogP contribution in [0, 0.1) is 0 Å². The Morgan fingerprint density at radius 2 is 1.33 bits per heavy atom. The van der Waals surface area contributed by atoms with Crippen LogP contribution in [0.5, 0.6) is 0 Å². The summed E-state index contributed by atoms with van der Waals surface area (Å²) in [6.45, 7) is 0. The molecule has 0 fully saturated rings. The van der Waals surface area contributed by atoms with Crippen LogP contribution >= 0.6 is 11.8 Å². The summed E-state index contributed by atoms with van der Waals surface area (Å²) in [5, 5.41) is -2.22. The van der Waals surface area contributed by atoms with E-state index in [9.17, 15) is 19.2 Å². The van der Waals surface area contributed by atoms with Gasteiger partial charge in [0.15, 0.2) is 0 Å². The van der Waals surface area contributed by atoms with Gasteiger partial charge in [-0.25, -0.2) is 0 Å². The van der Waals surface area contributed by atoms with Gasteiger partial charge in [0, 0.05) is 11.8 Å². The summed E-state index contributed by atoms with van der Waals surface area (Å²) in [5.41, 5.74) is 0. The molecular formula is C4O4S. The number of carbonyl (C=O) groups excluding carboxylic acids is 4. The summed E-state index contributed by atoms with van der Waals surface area (Å²) in [6.07, 6.45) is 1.81. The molecule has 0 spiro atoms.